The Labute approximate surface area is 185 Å². The van der Waals surface area contributed by atoms with Gasteiger partial charge in [0.05, 0.1) is 0 Å². The predicted molar refractivity (Wildman–Crippen MR) is 119 cm³/mol. The molecule has 162 valence electrons. The van der Waals surface area contributed by atoms with Gasteiger partial charge in [0.1, 0.15) is 19.2 Å². The molecule has 3 aromatic rings. The molecule has 4 N–H and O–H groups in total. The Hall–Kier alpha value is -4.13. The molecule has 0 fully saturated rings. The zero-order valence-electron chi connectivity index (χ0n) is 17.3. The number of ether oxygens (including phenoxy) is 1. The van der Waals surface area contributed by atoms with E-state index in [2.05, 4.69) is 10.6 Å². The molecule has 0 heterocycles. The summed E-state index contributed by atoms with van der Waals surface area (Å²) < 4.78 is 5.10. The summed E-state index contributed by atoms with van der Waals surface area (Å²) in [6.45, 7) is -0.249. The molecule has 32 heavy (non-hydrogen) atoms. The van der Waals surface area contributed by atoms with Crippen molar-refractivity contribution in [2.24, 2.45) is 5.73 Å². The van der Waals surface area contributed by atoms with Gasteiger partial charge in [-0.25, -0.2) is 4.79 Å². The lowest BCUT2D eigenvalue weighted by Crippen LogP contribution is -2.50. The monoisotopic (exact) mass is 429 g/mol. The first-order valence-electron chi connectivity index (χ1n) is 10.3. The number of nitrogens with one attached hydrogen (secondary N) is 2. The van der Waals surface area contributed by atoms with Crippen LogP contribution in [0.15, 0.2) is 78.9 Å². The van der Waals surface area contributed by atoms with Gasteiger partial charge in [-0.3, -0.25) is 9.59 Å². The minimum atomic E-state index is -0.963. The second-order valence-electron chi connectivity index (χ2n) is 7.52. The normalized spacial score (nSPS) is 12.9. The number of benzene rings is 3. The van der Waals surface area contributed by atoms with E-state index in [1.807, 2.05) is 78.9 Å². The third kappa shape index (κ3) is 4.46. The van der Waals surface area contributed by atoms with Crippen LogP contribution in [0.1, 0.15) is 22.6 Å². The lowest BCUT2D eigenvalue weighted by Gasteiger charge is -2.24. The molecule has 1 atom stereocenters. The molecule has 0 bridgehead atoms. The molecule has 0 saturated heterocycles. The van der Waals surface area contributed by atoms with Crippen molar-refractivity contribution in [1.82, 2.24) is 10.6 Å². The van der Waals surface area contributed by atoms with E-state index in [-0.39, 0.29) is 13.2 Å². The second-order valence-corrected chi connectivity index (χ2v) is 7.52. The lowest BCUT2D eigenvalue weighted by atomic mass is 9.89. The quantitative estimate of drug-likeness (QED) is 0.536. The number of hydrogen-bond acceptors (Lipinski definition) is 4. The Morgan fingerprint density at radius 3 is 2.00 bits per heavy atom. The standard InChI is InChI=1S/C25H23N3O4/c26-24(30)23(22-19-12-6-4-10-17(19)18-11-5-7-13-20(18)22)28-21(29)14-27-25(31)32-15-16-8-2-1-3-9-16/h1-13,22-23H,14-15H2,(H2,26,30)(H,27,31)(H,28,29)/t23-/m0/s1. The van der Waals surface area contributed by atoms with Gasteiger partial charge in [-0.15, -0.1) is 0 Å². The number of rotatable bonds is 7. The first-order valence-corrected chi connectivity index (χ1v) is 10.3. The summed E-state index contributed by atoms with van der Waals surface area (Å²) in [4.78, 5) is 36.8. The molecule has 0 spiro atoms. The number of carbonyl (C=O) groups excluding carboxylic acids is 3. The van der Waals surface area contributed by atoms with Gasteiger partial charge in [0, 0.05) is 5.92 Å². The molecular formula is C25H23N3O4. The van der Waals surface area contributed by atoms with Crippen molar-refractivity contribution >= 4 is 17.9 Å². The van der Waals surface area contributed by atoms with Crippen LogP contribution in [0.3, 0.4) is 0 Å². The fourth-order valence-corrected chi connectivity index (χ4v) is 4.02. The van der Waals surface area contributed by atoms with Gasteiger partial charge in [-0.05, 0) is 27.8 Å². The van der Waals surface area contributed by atoms with E-state index in [0.29, 0.717) is 0 Å². The number of fused-ring (bicyclic) bond motifs is 3. The molecule has 0 aromatic heterocycles. The van der Waals surface area contributed by atoms with E-state index in [4.69, 9.17) is 10.5 Å². The van der Waals surface area contributed by atoms with Crippen molar-refractivity contribution in [2.75, 3.05) is 6.54 Å². The van der Waals surface area contributed by atoms with Crippen LogP contribution in [0.4, 0.5) is 4.79 Å². The van der Waals surface area contributed by atoms with Crippen molar-refractivity contribution in [2.45, 2.75) is 18.6 Å². The molecule has 0 aliphatic heterocycles. The molecule has 0 radical (unpaired) electrons. The summed E-state index contributed by atoms with van der Waals surface area (Å²) in [6.07, 6.45) is -0.726. The average molecular weight is 429 g/mol. The maximum atomic E-state index is 12.5. The van der Waals surface area contributed by atoms with E-state index in [1.165, 1.54) is 0 Å². The van der Waals surface area contributed by atoms with Crippen molar-refractivity contribution in [1.29, 1.82) is 0 Å². The van der Waals surface area contributed by atoms with Gasteiger partial charge in [0.15, 0.2) is 0 Å². The van der Waals surface area contributed by atoms with E-state index in [1.54, 1.807) is 0 Å². The highest BCUT2D eigenvalue weighted by Gasteiger charge is 2.37. The largest absolute Gasteiger partial charge is 0.445 e. The number of nitrogens with two attached hydrogens (primary N) is 1. The highest BCUT2D eigenvalue weighted by molar-refractivity contribution is 5.92. The summed E-state index contributed by atoms with van der Waals surface area (Å²) in [5, 5.41) is 5.09. The smallest absolute Gasteiger partial charge is 0.407 e. The van der Waals surface area contributed by atoms with Crippen molar-refractivity contribution < 1.29 is 19.1 Å². The fourth-order valence-electron chi connectivity index (χ4n) is 4.02. The zero-order valence-corrected chi connectivity index (χ0v) is 17.3. The predicted octanol–water partition coefficient (Wildman–Crippen LogP) is 2.70. The first kappa shape index (κ1) is 21.1. The number of alkyl carbamates (subject to hydrolysis) is 1. The van der Waals surface area contributed by atoms with Crippen molar-refractivity contribution in [3.05, 3.63) is 95.6 Å². The molecule has 7 heteroatoms. The van der Waals surface area contributed by atoms with Gasteiger partial charge in [-0.1, -0.05) is 78.9 Å². The minimum Gasteiger partial charge on any atom is -0.445 e. The second kappa shape index (κ2) is 9.34. The van der Waals surface area contributed by atoms with E-state index < -0.39 is 29.9 Å². The highest BCUT2D eigenvalue weighted by Crippen LogP contribution is 2.46. The average Bonchev–Trinajstić information content (AvgIpc) is 3.14. The minimum absolute atomic E-state index is 0.0911. The van der Waals surface area contributed by atoms with Crippen LogP contribution in [0, 0.1) is 0 Å². The number of primary amides is 1. The number of amides is 3. The Morgan fingerprint density at radius 1 is 0.844 bits per heavy atom. The van der Waals surface area contributed by atoms with Crippen LogP contribution in [0.25, 0.3) is 11.1 Å². The fraction of sp³-hybridized carbons (Fsp3) is 0.160. The van der Waals surface area contributed by atoms with Gasteiger partial charge in [0.25, 0.3) is 0 Å². The third-order valence-corrected chi connectivity index (χ3v) is 5.44. The zero-order chi connectivity index (χ0) is 22.5. The molecule has 0 saturated carbocycles. The number of carbonyl (C=O) groups is 3. The van der Waals surface area contributed by atoms with Crippen LogP contribution in [-0.2, 0) is 20.9 Å². The van der Waals surface area contributed by atoms with Crippen molar-refractivity contribution in [3.8, 4) is 11.1 Å². The molecule has 3 amide bonds. The van der Waals surface area contributed by atoms with Crippen LogP contribution < -0.4 is 16.4 Å². The van der Waals surface area contributed by atoms with Gasteiger partial charge in [-0.2, -0.15) is 0 Å². The molecule has 7 nitrogen and oxygen atoms in total. The summed E-state index contributed by atoms with van der Waals surface area (Å²) in [7, 11) is 0. The maximum Gasteiger partial charge on any atom is 0.407 e. The third-order valence-electron chi connectivity index (χ3n) is 5.44. The Bertz CT molecular complexity index is 1100. The summed E-state index contributed by atoms with van der Waals surface area (Å²) in [5.74, 6) is -1.59. The van der Waals surface area contributed by atoms with Crippen molar-refractivity contribution in [3.63, 3.8) is 0 Å². The number of hydrogen-bond donors (Lipinski definition) is 3. The van der Waals surface area contributed by atoms with Crippen LogP contribution in [0.2, 0.25) is 0 Å². The van der Waals surface area contributed by atoms with E-state index >= 15 is 0 Å². The molecule has 3 aromatic carbocycles. The summed E-state index contributed by atoms with van der Waals surface area (Å²) in [5.41, 5.74) is 10.4. The molecule has 0 unspecified atom stereocenters. The van der Waals surface area contributed by atoms with Gasteiger partial charge in [0.2, 0.25) is 11.8 Å². The van der Waals surface area contributed by atoms with Crippen LogP contribution >= 0.6 is 0 Å². The lowest BCUT2D eigenvalue weighted by molar-refractivity contribution is -0.127. The van der Waals surface area contributed by atoms with Gasteiger partial charge >= 0.3 is 6.09 Å². The molecule has 1 aliphatic carbocycles. The van der Waals surface area contributed by atoms with E-state index in [9.17, 15) is 14.4 Å². The van der Waals surface area contributed by atoms with E-state index in [0.717, 1.165) is 27.8 Å². The summed E-state index contributed by atoms with van der Waals surface area (Å²) in [6, 6.07) is 23.7. The Kier molecular flexibility index (Phi) is 6.17. The molecule has 1 aliphatic rings. The highest BCUT2D eigenvalue weighted by atomic mass is 16.5. The van der Waals surface area contributed by atoms with Crippen LogP contribution in [-0.4, -0.2) is 30.5 Å². The summed E-state index contributed by atoms with van der Waals surface area (Å²) >= 11 is 0. The molecule has 4 rings (SSSR count). The maximum absolute atomic E-state index is 12.5. The SMILES string of the molecule is NC(=O)[C@@H](NC(=O)CNC(=O)OCc1ccccc1)C1c2ccccc2-c2ccccc21. The van der Waals surface area contributed by atoms with Gasteiger partial charge < -0.3 is 21.1 Å². The first-order chi connectivity index (χ1) is 15.5. The topological polar surface area (TPSA) is 111 Å². The Morgan fingerprint density at radius 2 is 1.41 bits per heavy atom. The molecular weight excluding hydrogens is 406 g/mol. The van der Waals surface area contributed by atoms with Crippen LogP contribution in [0.5, 0.6) is 0 Å². The Balaban J connectivity index is 1.41.